The lowest BCUT2D eigenvalue weighted by Gasteiger charge is -2.34. The second-order valence-corrected chi connectivity index (χ2v) is 5.54. The normalized spacial score (nSPS) is 19.0. The summed E-state index contributed by atoms with van der Waals surface area (Å²) in [6.07, 6.45) is 1.56. The summed E-state index contributed by atoms with van der Waals surface area (Å²) in [6, 6.07) is 3.80. The van der Waals surface area contributed by atoms with E-state index in [-0.39, 0.29) is 35.4 Å². The summed E-state index contributed by atoms with van der Waals surface area (Å²) in [5.74, 6) is -1.66. The number of aromatic nitrogens is 1. The molecule has 0 aliphatic heterocycles. The van der Waals surface area contributed by atoms with E-state index in [1.54, 1.807) is 0 Å². The van der Waals surface area contributed by atoms with Gasteiger partial charge in [0.1, 0.15) is 18.2 Å². The van der Waals surface area contributed by atoms with Gasteiger partial charge in [0.05, 0.1) is 7.11 Å². The molecule has 1 aliphatic carbocycles. The third-order valence-corrected chi connectivity index (χ3v) is 3.84. The number of ether oxygens (including phenoxy) is 2. The first-order chi connectivity index (χ1) is 12.0. The zero-order valence-corrected chi connectivity index (χ0v) is 13.2. The minimum absolute atomic E-state index is 0.168. The molecule has 0 atom stereocenters. The molecule has 25 heavy (non-hydrogen) atoms. The summed E-state index contributed by atoms with van der Waals surface area (Å²) in [4.78, 5) is 26.4. The number of nitrogens with zero attached hydrogens (tertiary/aromatic N) is 1. The predicted molar refractivity (Wildman–Crippen MR) is 82.2 cm³/mol. The molecule has 0 spiro atoms. The molecule has 1 aromatic heterocycles. The molecule has 1 aliphatic rings. The van der Waals surface area contributed by atoms with Gasteiger partial charge in [0.15, 0.2) is 17.2 Å². The number of methoxy groups -OCH3 is 1. The van der Waals surface area contributed by atoms with Crippen LogP contribution in [-0.2, 0) is 4.79 Å². The van der Waals surface area contributed by atoms with Crippen LogP contribution in [0.5, 0.6) is 11.5 Å². The maximum atomic E-state index is 13.3. The van der Waals surface area contributed by atoms with Gasteiger partial charge in [0, 0.05) is 12.0 Å². The SMILES string of the molecule is COc1ccc(F)cc1OC1CC(C(=O)Nc2nc(C(=O)O)co2)C1. The van der Waals surface area contributed by atoms with Gasteiger partial charge in [-0.1, -0.05) is 0 Å². The zero-order chi connectivity index (χ0) is 18.0. The summed E-state index contributed by atoms with van der Waals surface area (Å²) in [5, 5.41) is 11.2. The summed E-state index contributed by atoms with van der Waals surface area (Å²) in [5.41, 5.74) is -0.289. The van der Waals surface area contributed by atoms with E-state index in [1.807, 2.05) is 0 Å². The van der Waals surface area contributed by atoms with E-state index in [0.717, 1.165) is 6.26 Å². The fourth-order valence-corrected chi connectivity index (χ4v) is 2.43. The van der Waals surface area contributed by atoms with Gasteiger partial charge in [0.2, 0.25) is 5.91 Å². The van der Waals surface area contributed by atoms with Gasteiger partial charge in [0.25, 0.3) is 0 Å². The quantitative estimate of drug-likeness (QED) is 0.822. The summed E-state index contributed by atoms with van der Waals surface area (Å²) in [6.45, 7) is 0. The summed E-state index contributed by atoms with van der Waals surface area (Å²) < 4.78 is 28.9. The van der Waals surface area contributed by atoms with Crippen LogP contribution in [0.2, 0.25) is 0 Å². The van der Waals surface area contributed by atoms with E-state index in [0.29, 0.717) is 18.6 Å². The molecule has 8 nitrogen and oxygen atoms in total. The molecule has 9 heteroatoms. The van der Waals surface area contributed by atoms with E-state index in [4.69, 9.17) is 19.0 Å². The smallest absolute Gasteiger partial charge is 0.357 e. The van der Waals surface area contributed by atoms with E-state index < -0.39 is 11.8 Å². The minimum Gasteiger partial charge on any atom is -0.493 e. The van der Waals surface area contributed by atoms with Crippen molar-refractivity contribution in [2.24, 2.45) is 5.92 Å². The summed E-state index contributed by atoms with van der Waals surface area (Å²) >= 11 is 0. The lowest BCUT2D eigenvalue weighted by atomic mass is 9.81. The van der Waals surface area contributed by atoms with Gasteiger partial charge >= 0.3 is 12.0 Å². The van der Waals surface area contributed by atoms with Crippen molar-refractivity contribution >= 4 is 17.9 Å². The molecular weight excluding hydrogens is 335 g/mol. The molecule has 1 saturated carbocycles. The Bertz CT molecular complexity index is 800. The molecule has 1 fully saturated rings. The molecule has 1 aromatic carbocycles. The van der Waals surface area contributed by atoms with Crippen molar-refractivity contribution in [2.45, 2.75) is 18.9 Å². The number of amides is 1. The number of carboxylic acid groups (broad SMARTS) is 1. The van der Waals surface area contributed by atoms with Crippen LogP contribution in [0.3, 0.4) is 0 Å². The number of rotatable bonds is 6. The highest BCUT2D eigenvalue weighted by Gasteiger charge is 2.37. The first-order valence-corrected chi connectivity index (χ1v) is 7.46. The minimum atomic E-state index is -1.25. The third kappa shape index (κ3) is 3.70. The van der Waals surface area contributed by atoms with Crippen LogP contribution in [0.1, 0.15) is 23.3 Å². The third-order valence-electron chi connectivity index (χ3n) is 3.84. The van der Waals surface area contributed by atoms with Crippen molar-refractivity contribution in [1.82, 2.24) is 4.98 Å². The van der Waals surface area contributed by atoms with E-state index in [2.05, 4.69) is 10.3 Å². The lowest BCUT2D eigenvalue weighted by molar-refractivity contribution is -0.125. The Balaban J connectivity index is 1.52. The van der Waals surface area contributed by atoms with Gasteiger partial charge in [-0.3, -0.25) is 10.1 Å². The van der Waals surface area contributed by atoms with Crippen molar-refractivity contribution in [3.05, 3.63) is 36.0 Å². The maximum Gasteiger partial charge on any atom is 0.357 e. The van der Waals surface area contributed by atoms with Crippen LogP contribution in [0.25, 0.3) is 0 Å². The highest BCUT2D eigenvalue weighted by atomic mass is 19.1. The second kappa shape index (κ2) is 6.80. The number of carbonyl (C=O) groups excluding carboxylic acids is 1. The van der Waals surface area contributed by atoms with Gasteiger partial charge in [-0.2, -0.15) is 4.98 Å². The first kappa shape index (κ1) is 16.7. The number of hydrogen-bond acceptors (Lipinski definition) is 6. The van der Waals surface area contributed by atoms with Crippen LogP contribution < -0.4 is 14.8 Å². The molecule has 1 amide bonds. The molecule has 1 heterocycles. The highest BCUT2D eigenvalue weighted by molar-refractivity contribution is 5.92. The van der Waals surface area contributed by atoms with Crippen molar-refractivity contribution in [3.63, 3.8) is 0 Å². The average Bonchev–Trinajstić information content (AvgIpc) is 2.99. The Labute approximate surface area is 141 Å². The fourth-order valence-electron chi connectivity index (χ4n) is 2.43. The molecule has 3 rings (SSSR count). The van der Waals surface area contributed by atoms with Crippen molar-refractivity contribution in [1.29, 1.82) is 0 Å². The number of halogens is 1. The van der Waals surface area contributed by atoms with Crippen LogP contribution in [-0.4, -0.2) is 35.2 Å². The van der Waals surface area contributed by atoms with Crippen LogP contribution in [0.15, 0.2) is 28.9 Å². The van der Waals surface area contributed by atoms with Crippen molar-refractivity contribution in [2.75, 3.05) is 12.4 Å². The Morgan fingerprint density at radius 2 is 2.12 bits per heavy atom. The Morgan fingerprint density at radius 1 is 1.36 bits per heavy atom. The van der Waals surface area contributed by atoms with Crippen LogP contribution in [0, 0.1) is 11.7 Å². The largest absolute Gasteiger partial charge is 0.493 e. The molecule has 0 unspecified atom stereocenters. The number of nitrogens with one attached hydrogen (secondary N) is 1. The Kier molecular flexibility index (Phi) is 4.55. The number of carboxylic acids is 1. The Morgan fingerprint density at radius 3 is 2.76 bits per heavy atom. The average molecular weight is 350 g/mol. The fraction of sp³-hybridized carbons (Fsp3) is 0.312. The zero-order valence-electron chi connectivity index (χ0n) is 13.2. The first-order valence-electron chi connectivity index (χ1n) is 7.46. The lowest BCUT2D eigenvalue weighted by Crippen LogP contribution is -2.41. The topological polar surface area (TPSA) is 111 Å². The molecule has 0 bridgehead atoms. The molecular formula is C16H15FN2O6. The second-order valence-electron chi connectivity index (χ2n) is 5.54. The number of oxazole rings is 1. The number of benzene rings is 1. The monoisotopic (exact) mass is 350 g/mol. The number of anilines is 1. The Hall–Kier alpha value is -3.10. The van der Waals surface area contributed by atoms with Crippen LogP contribution >= 0.6 is 0 Å². The van der Waals surface area contributed by atoms with E-state index in [1.165, 1.54) is 25.3 Å². The van der Waals surface area contributed by atoms with Gasteiger partial charge in [-0.25, -0.2) is 9.18 Å². The molecule has 0 radical (unpaired) electrons. The van der Waals surface area contributed by atoms with Crippen molar-refractivity contribution < 1.29 is 33.0 Å². The van der Waals surface area contributed by atoms with E-state index in [9.17, 15) is 14.0 Å². The summed E-state index contributed by atoms with van der Waals surface area (Å²) in [7, 11) is 1.46. The molecule has 2 N–H and O–H groups in total. The standard InChI is InChI=1S/C16H15FN2O6/c1-23-12-3-2-9(17)6-13(12)25-10-4-8(5-10)14(20)19-16-18-11(7-24-16)15(21)22/h2-3,6-8,10H,4-5H2,1H3,(H,21,22)(H,18,19,20). The van der Waals surface area contributed by atoms with Gasteiger partial charge in [-0.15, -0.1) is 0 Å². The number of aromatic carboxylic acids is 1. The van der Waals surface area contributed by atoms with Crippen LogP contribution in [0.4, 0.5) is 10.4 Å². The molecule has 132 valence electrons. The van der Waals surface area contributed by atoms with Gasteiger partial charge in [-0.05, 0) is 25.0 Å². The number of hydrogen-bond donors (Lipinski definition) is 2. The van der Waals surface area contributed by atoms with E-state index >= 15 is 0 Å². The predicted octanol–water partition coefficient (Wildman–Crippen LogP) is 2.32. The van der Waals surface area contributed by atoms with Gasteiger partial charge < -0.3 is 19.0 Å². The molecule has 2 aromatic rings. The number of carbonyl (C=O) groups is 2. The maximum absolute atomic E-state index is 13.3. The van der Waals surface area contributed by atoms with Crippen molar-refractivity contribution in [3.8, 4) is 11.5 Å². The molecule has 0 saturated heterocycles. The highest BCUT2D eigenvalue weighted by Crippen LogP contribution is 2.36.